The first-order chi connectivity index (χ1) is 9.93. The predicted octanol–water partition coefficient (Wildman–Crippen LogP) is 3.47. The van der Waals surface area contributed by atoms with Gasteiger partial charge in [0, 0.05) is 0 Å². The third-order valence-corrected chi connectivity index (χ3v) is 2.77. The minimum atomic E-state index is -0.875. The quantitative estimate of drug-likeness (QED) is 0.858. The Balaban J connectivity index is 0.000000211. The van der Waals surface area contributed by atoms with E-state index in [-0.39, 0.29) is 5.97 Å². The van der Waals surface area contributed by atoms with Crippen molar-refractivity contribution in [2.24, 2.45) is 0 Å². The van der Waals surface area contributed by atoms with Crippen molar-refractivity contribution in [1.82, 2.24) is 0 Å². The average molecular weight is 286 g/mol. The molecule has 0 fully saturated rings. The number of methoxy groups -OCH3 is 1. The summed E-state index contributed by atoms with van der Waals surface area (Å²) in [6, 6.07) is 14.0. The molecule has 4 nitrogen and oxygen atoms in total. The predicted molar refractivity (Wildman–Crippen MR) is 80.7 cm³/mol. The molecule has 0 aliphatic heterocycles. The first kappa shape index (κ1) is 16.4. The Bertz CT molecular complexity index is 598. The van der Waals surface area contributed by atoms with Crippen LogP contribution >= 0.6 is 0 Å². The Morgan fingerprint density at radius 1 is 0.810 bits per heavy atom. The van der Waals surface area contributed by atoms with E-state index in [4.69, 9.17) is 5.11 Å². The molecule has 1 N–H and O–H groups in total. The van der Waals surface area contributed by atoms with Crippen LogP contribution in [0.15, 0.2) is 48.5 Å². The van der Waals surface area contributed by atoms with E-state index < -0.39 is 5.97 Å². The van der Waals surface area contributed by atoms with Crippen LogP contribution in [0.2, 0.25) is 0 Å². The number of carbonyl (C=O) groups is 2. The molecule has 0 bridgehead atoms. The van der Waals surface area contributed by atoms with Crippen LogP contribution in [0, 0.1) is 13.8 Å². The molecule has 0 heterocycles. The molecule has 0 saturated carbocycles. The summed E-state index contributed by atoms with van der Waals surface area (Å²) in [5.41, 5.74) is 3.14. The summed E-state index contributed by atoms with van der Waals surface area (Å²) < 4.78 is 4.54. The van der Waals surface area contributed by atoms with Crippen molar-refractivity contribution in [3.05, 3.63) is 70.8 Å². The molecule has 0 radical (unpaired) electrons. The molecular formula is C17H18O4. The van der Waals surface area contributed by atoms with Crippen molar-refractivity contribution in [1.29, 1.82) is 0 Å². The largest absolute Gasteiger partial charge is 0.478 e. The first-order valence-electron chi connectivity index (χ1n) is 6.39. The van der Waals surface area contributed by atoms with Gasteiger partial charge in [0.2, 0.25) is 0 Å². The second-order valence-electron chi connectivity index (χ2n) is 4.53. The highest BCUT2D eigenvalue weighted by atomic mass is 16.5. The highest BCUT2D eigenvalue weighted by Crippen LogP contribution is 2.03. The molecule has 0 aliphatic carbocycles. The van der Waals surface area contributed by atoms with E-state index in [1.807, 2.05) is 26.0 Å². The molecule has 0 aromatic heterocycles. The second kappa shape index (κ2) is 7.85. The normalized spacial score (nSPS) is 9.29. The minimum Gasteiger partial charge on any atom is -0.478 e. The molecule has 4 heteroatoms. The number of ether oxygens (including phenoxy) is 1. The fourth-order valence-corrected chi connectivity index (χ4v) is 1.50. The monoisotopic (exact) mass is 286 g/mol. The zero-order valence-corrected chi connectivity index (χ0v) is 12.3. The molecule has 21 heavy (non-hydrogen) atoms. The van der Waals surface area contributed by atoms with Gasteiger partial charge in [0.05, 0.1) is 18.2 Å². The molecule has 0 saturated heterocycles. The van der Waals surface area contributed by atoms with Gasteiger partial charge in [-0.15, -0.1) is 0 Å². The number of aromatic carboxylic acids is 1. The summed E-state index contributed by atoms with van der Waals surface area (Å²) in [5.74, 6) is -1.16. The summed E-state index contributed by atoms with van der Waals surface area (Å²) in [7, 11) is 1.38. The number of carboxylic acids is 1. The summed E-state index contributed by atoms with van der Waals surface area (Å²) in [6.07, 6.45) is 0. The van der Waals surface area contributed by atoms with Crippen LogP contribution in [0.25, 0.3) is 0 Å². The van der Waals surface area contributed by atoms with Crippen molar-refractivity contribution < 1.29 is 19.4 Å². The molecule has 0 atom stereocenters. The molecule has 0 amide bonds. The number of hydrogen-bond acceptors (Lipinski definition) is 3. The van der Waals surface area contributed by atoms with Crippen LogP contribution in [-0.4, -0.2) is 24.2 Å². The van der Waals surface area contributed by atoms with Crippen molar-refractivity contribution >= 4 is 11.9 Å². The number of rotatable bonds is 2. The van der Waals surface area contributed by atoms with Gasteiger partial charge in [-0.25, -0.2) is 9.59 Å². The van der Waals surface area contributed by atoms with E-state index in [0.717, 1.165) is 11.1 Å². The Hall–Kier alpha value is -2.62. The average Bonchev–Trinajstić information content (AvgIpc) is 2.48. The first-order valence-corrected chi connectivity index (χ1v) is 6.39. The van der Waals surface area contributed by atoms with E-state index in [0.29, 0.717) is 11.1 Å². The molecule has 2 aromatic carbocycles. The maximum atomic E-state index is 10.9. The number of benzene rings is 2. The molecule has 0 aliphatic rings. The number of esters is 1. The van der Waals surface area contributed by atoms with E-state index in [1.165, 1.54) is 7.11 Å². The fraction of sp³-hybridized carbons (Fsp3) is 0.176. The topological polar surface area (TPSA) is 63.6 Å². The number of aryl methyl sites for hydroxylation is 2. The molecule has 110 valence electrons. The number of carbonyl (C=O) groups excluding carboxylic acids is 1. The van der Waals surface area contributed by atoms with E-state index in [2.05, 4.69) is 4.74 Å². The standard InChI is InChI=1S/C9H10O2.C8H8O2/c1-7-3-5-8(6-4-7)9(10)11-2;1-6-2-4-7(5-3-6)8(9)10/h3-6H,1-2H3;2-5H,1H3,(H,9,10). The zero-order chi connectivity index (χ0) is 15.8. The van der Waals surface area contributed by atoms with Gasteiger partial charge in [0.25, 0.3) is 0 Å². The van der Waals surface area contributed by atoms with Crippen molar-refractivity contribution in [2.75, 3.05) is 7.11 Å². The summed E-state index contributed by atoms with van der Waals surface area (Å²) in [4.78, 5) is 21.2. The molecule has 0 spiro atoms. The van der Waals surface area contributed by atoms with E-state index in [1.54, 1.807) is 36.4 Å². The lowest BCUT2D eigenvalue weighted by Crippen LogP contribution is -2.00. The second-order valence-corrected chi connectivity index (χ2v) is 4.53. The molecular weight excluding hydrogens is 268 g/mol. The van der Waals surface area contributed by atoms with E-state index in [9.17, 15) is 9.59 Å². The van der Waals surface area contributed by atoms with Gasteiger partial charge in [0.1, 0.15) is 0 Å². The molecule has 2 aromatic rings. The van der Waals surface area contributed by atoms with Gasteiger partial charge in [-0.1, -0.05) is 35.4 Å². The highest BCUT2D eigenvalue weighted by Gasteiger charge is 2.02. The van der Waals surface area contributed by atoms with Crippen LogP contribution in [0.4, 0.5) is 0 Å². The van der Waals surface area contributed by atoms with Gasteiger partial charge in [0.15, 0.2) is 0 Å². The van der Waals surface area contributed by atoms with Crippen LogP contribution < -0.4 is 0 Å². The Morgan fingerprint density at radius 2 is 1.19 bits per heavy atom. The summed E-state index contributed by atoms with van der Waals surface area (Å²) in [6.45, 7) is 3.90. The highest BCUT2D eigenvalue weighted by molar-refractivity contribution is 5.89. The van der Waals surface area contributed by atoms with Crippen LogP contribution in [0.3, 0.4) is 0 Å². The third kappa shape index (κ3) is 5.48. The van der Waals surface area contributed by atoms with Crippen LogP contribution in [0.5, 0.6) is 0 Å². The van der Waals surface area contributed by atoms with Crippen molar-refractivity contribution in [3.63, 3.8) is 0 Å². The summed E-state index contributed by atoms with van der Waals surface area (Å²) >= 11 is 0. The summed E-state index contributed by atoms with van der Waals surface area (Å²) in [5, 5.41) is 8.48. The maximum Gasteiger partial charge on any atom is 0.337 e. The molecule has 2 rings (SSSR count). The lowest BCUT2D eigenvalue weighted by Gasteiger charge is -1.97. The molecule has 0 unspecified atom stereocenters. The van der Waals surface area contributed by atoms with Gasteiger partial charge >= 0.3 is 11.9 Å². The SMILES string of the molecule is COC(=O)c1ccc(C)cc1.Cc1ccc(C(=O)O)cc1. The maximum absolute atomic E-state index is 10.9. The number of hydrogen-bond donors (Lipinski definition) is 1. The zero-order valence-electron chi connectivity index (χ0n) is 12.3. The lowest BCUT2D eigenvalue weighted by molar-refractivity contribution is 0.0599. The van der Waals surface area contributed by atoms with Gasteiger partial charge in [-0.2, -0.15) is 0 Å². The van der Waals surface area contributed by atoms with Crippen LogP contribution in [0.1, 0.15) is 31.8 Å². The Labute approximate surface area is 124 Å². The van der Waals surface area contributed by atoms with E-state index >= 15 is 0 Å². The lowest BCUT2D eigenvalue weighted by atomic mass is 10.2. The Kier molecular flexibility index (Phi) is 6.14. The number of carboxylic acid groups (broad SMARTS) is 1. The van der Waals surface area contributed by atoms with Crippen molar-refractivity contribution in [3.8, 4) is 0 Å². The van der Waals surface area contributed by atoms with Crippen molar-refractivity contribution in [2.45, 2.75) is 13.8 Å². The minimum absolute atomic E-state index is 0.287. The van der Waals surface area contributed by atoms with Gasteiger partial charge < -0.3 is 9.84 Å². The smallest absolute Gasteiger partial charge is 0.337 e. The van der Waals surface area contributed by atoms with Gasteiger partial charge in [-0.3, -0.25) is 0 Å². The van der Waals surface area contributed by atoms with Crippen LogP contribution in [-0.2, 0) is 4.74 Å². The fourth-order valence-electron chi connectivity index (χ4n) is 1.50. The van der Waals surface area contributed by atoms with Gasteiger partial charge in [-0.05, 0) is 38.1 Å². The third-order valence-electron chi connectivity index (χ3n) is 2.77. The Morgan fingerprint density at radius 3 is 1.52 bits per heavy atom.